The van der Waals surface area contributed by atoms with E-state index in [1.165, 1.54) is 0 Å². The Labute approximate surface area is 77.8 Å². The van der Waals surface area contributed by atoms with Gasteiger partial charge in [-0.3, -0.25) is 9.36 Å². The summed E-state index contributed by atoms with van der Waals surface area (Å²) in [6.07, 6.45) is 1.59. The zero-order valence-corrected chi connectivity index (χ0v) is 8.70. The average Bonchev–Trinajstić information content (AvgIpc) is 2.02. The molecule has 1 atom stereocenters. The van der Waals surface area contributed by atoms with E-state index in [0.29, 0.717) is 6.42 Å². The Balaban J connectivity index is 0. The number of carbonyl (C=O) groups excluding carboxylic acids is 1. The van der Waals surface area contributed by atoms with Gasteiger partial charge >= 0.3 is 7.60 Å². The molecule has 0 radical (unpaired) electrons. The summed E-state index contributed by atoms with van der Waals surface area (Å²) >= 11 is 0. The standard InChI is InChI=1S/C4H11O3P.C3H5NO/c1-3-4(2)8(5,6)7;1-2-3(4)5/h4H,3H2,1-2H3,(H2,5,6,7);2H,1H2,(H2,4,5). The van der Waals surface area contributed by atoms with E-state index in [0.717, 1.165) is 6.08 Å². The van der Waals surface area contributed by atoms with Crippen molar-refractivity contribution in [3.63, 3.8) is 0 Å². The molecule has 0 aromatic rings. The third-order valence-corrected chi connectivity index (χ3v) is 2.88. The van der Waals surface area contributed by atoms with Gasteiger partial charge in [-0.25, -0.2) is 0 Å². The molecule has 13 heavy (non-hydrogen) atoms. The third-order valence-electron chi connectivity index (χ3n) is 1.37. The van der Waals surface area contributed by atoms with Crippen molar-refractivity contribution in [2.24, 2.45) is 5.73 Å². The van der Waals surface area contributed by atoms with Gasteiger partial charge in [0.1, 0.15) is 0 Å². The minimum Gasteiger partial charge on any atom is -0.366 e. The fourth-order valence-electron chi connectivity index (χ4n) is 0.238. The van der Waals surface area contributed by atoms with Crippen molar-refractivity contribution in [3.05, 3.63) is 12.7 Å². The van der Waals surface area contributed by atoms with Crippen LogP contribution in [0.15, 0.2) is 12.7 Å². The van der Waals surface area contributed by atoms with Crippen LogP contribution in [0.5, 0.6) is 0 Å². The Morgan fingerprint density at radius 2 is 2.00 bits per heavy atom. The van der Waals surface area contributed by atoms with E-state index >= 15 is 0 Å². The van der Waals surface area contributed by atoms with Crippen molar-refractivity contribution in [1.29, 1.82) is 0 Å². The Morgan fingerprint density at radius 3 is 2.00 bits per heavy atom. The monoisotopic (exact) mass is 209 g/mol. The van der Waals surface area contributed by atoms with E-state index in [9.17, 15) is 9.36 Å². The van der Waals surface area contributed by atoms with E-state index in [1.54, 1.807) is 13.8 Å². The van der Waals surface area contributed by atoms with Crippen LogP contribution in [0.3, 0.4) is 0 Å². The van der Waals surface area contributed by atoms with Gasteiger partial charge in [0.25, 0.3) is 0 Å². The maximum absolute atomic E-state index is 10.3. The molecule has 1 unspecified atom stereocenters. The molecule has 4 N–H and O–H groups in total. The first-order chi connectivity index (χ1) is 5.75. The molecule has 0 aromatic carbocycles. The number of hydrogen-bond donors (Lipinski definition) is 3. The third kappa shape index (κ3) is 11.4. The molecule has 0 fully saturated rings. The van der Waals surface area contributed by atoms with E-state index in [4.69, 9.17) is 9.79 Å². The van der Waals surface area contributed by atoms with Gasteiger partial charge in [0, 0.05) is 0 Å². The minimum atomic E-state index is -3.76. The summed E-state index contributed by atoms with van der Waals surface area (Å²) in [5, 5.41) is 0. The molecule has 0 aliphatic heterocycles. The first-order valence-electron chi connectivity index (χ1n) is 3.72. The molecule has 0 aliphatic carbocycles. The molecular formula is C7H16NO4P. The summed E-state index contributed by atoms with van der Waals surface area (Å²) in [7, 11) is -3.76. The number of primary amides is 1. The number of hydrogen-bond acceptors (Lipinski definition) is 2. The maximum Gasteiger partial charge on any atom is 0.328 e. The highest BCUT2D eigenvalue weighted by Crippen LogP contribution is 2.42. The van der Waals surface area contributed by atoms with Crippen molar-refractivity contribution in [2.75, 3.05) is 0 Å². The molecule has 0 aliphatic rings. The second-order valence-electron chi connectivity index (χ2n) is 2.45. The van der Waals surface area contributed by atoms with Crippen LogP contribution in [0.4, 0.5) is 0 Å². The molecule has 0 heterocycles. The predicted molar refractivity (Wildman–Crippen MR) is 51.2 cm³/mol. The van der Waals surface area contributed by atoms with Gasteiger partial charge in [-0.2, -0.15) is 0 Å². The molecule has 0 rings (SSSR count). The van der Waals surface area contributed by atoms with Crippen LogP contribution < -0.4 is 5.73 Å². The fraction of sp³-hybridized carbons (Fsp3) is 0.571. The smallest absolute Gasteiger partial charge is 0.328 e. The molecule has 6 heteroatoms. The van der Waals surface area contributed by atoms with Crippen LogP contribution in [-0.2, 0) is 9.36 Å². The van der Waals surface area contributed by atoms with E-state index in [2.05, 4.69) is 12.3 Å². The molecule has 5 nitrogen and oxygen atoms in total. The van der Waals surface area contributed by atoms with Crippen molar-refractivity contribution < 1.29 is 19.1 Å². The quantitative estimate of drug-likeness (QED) is 0.468. The zero-order chi connectivity index (χ0) is 11.1. The SMILES string of the molecule is C=CC(N)=O.CCC(C)P(=O)(O)O. The van der Waals surface area contributed by atoms with Crippen molar-refractivity contribution in [1.82, 2.24) is 0 Å². The van der Waals surface area contributed by atoms with Gasteiger partial charge in [-0.05, 0) is 12.5 Å². The summed E-state index contributed by atoms with van der Waals surface area (Å²) in [5.41, 5.74) is 4.05. The minimum absolute atomic E-state index is 0.481. The van der Waals surface area contributed by atoms with Gasteiger partial charge in [-0.1, -0.05) is 20.4 Å². The first kappa shape index (κ1) is 14.9. The lowest BCUT2D eigenvalue weighted by molar-refractivity contribution is -0.113. The van der Waals surface area contributed by atoms with Gasteiger partial charge in [0.2, 0.25) is 5.91 Å². The van der Waals surface area contributed by atoms with E-state index in [1.807, 2.05) is 0 Å². The maximum atomic E-state index is 10.3. The lowest BCUT2D eigenvalue weighted by Crippen LogP contribution is -2.04. The van der Waals surface area contributed by atoms with Crippen LogP contribution in [0.1, 0.15) is 20.3 Å². The number of nitrogens with two attached hydrogens (primary N) is 1. The van der Waals surface area contributed by atoms with Crippen LogP contribution >= 0.6 is 7.60 Å². The zero-order valence-electron chi connectivity index (χ0n) is 7.80. The molecule has 0 bridgehead atoms. The van der Waals surface area contributed by atoms with Gasteiger partial charge in [0.15, 0.2) is 0 Å². The highest BCUT2D eigenvalue weighted by molar-refractivity contribution is 7.52. The number of carbonyl (C=O) groups is 1. The van der Waals surface area contributed by atoms with Crippen molar-refractivity contribution >= 4 is 13.5 Å². The average molecular weight is 209 g/mol. The highest BCUT2D eigenvalue weighted by Gasteiger charge is 2.20. The largest absolute Gasteiger partial charge is 0.366 e. The van der Waals surface area contributed by atoms with Crippen LogP contribution in [0, 0.1) is 0 Å². The van der Waals surface area contributed by atoms with E-state index < -0.39 is 19.2 Å². The Bertz CT molecular complexity index is 211. The second-order valence-corrected chi connectivity index (χ2v) is 4.51. The van der Waals surface area contributed by atoms with Gasteiger partial charge < -0.3 is 15.5 Å². The molecule has 0 saturated carbocycles. The normalized spacial score (nSPS) is 12.3. The van der Waals surface area contributed by atoms with Crippen LogP contribution in [-0.4, -0.2) is 21.4 Å². The molecule has 78 valence electrons. The highest BCUT2D eigenvalue weighted by atomic mass is 31.2. The van der Waals surface area contributed by atoms with Gasteiger partial charge in [0.05, 0.1) is 5.66 Å². The molecule has 0 spiro atoms. The molecule has 0 aromatic heterocycles. The topological polar surface area (TPSA) is 101 Å². The summed E-state index contributed by atoms with van der Waals surface area (Å²) < 4.78 is 10.3. The Hall–Kier alpha value is -0.640. The lowest BCUT2D eigenvalue weighted by atomic mass is 10.4. The lowest BCUT2D eigenvalue weighted by Gasteiger charge is -2.08. The van der Waals surface area contributed by atoms with Gasteiger partial charge in [-0.15, -0.1) is 0 Å². The summed E-state index contributed by atoms with van der Waals surface area (Å²) in [4.78, 5) is 26.3. The summed E-state index contributed by atoms with van der Waals surface area (Å²) in [6, 6.07) is 0. The fourth-order valence-corrected chi connectivity index (χ4v) is 0.714. The Kier molecular flexibility index (Phi) is 7.81. The first-order valence-corrected chi connectivity index (χ1v) is 5.40. The Morgan fingerprint density at radius 1 is 1.69 bits per heavy atom. The number of rotatable bonds is 3. The second kappa shape index (κ2) is 6.83. The van der Waals surface area contributed by atoms with Crippen molar-refractivity contribution in [2.45, 2.75) is 25.9 Å². The van der Waals surface area contributed by atoms with E-state index in [-0.39, 0.29) is 0 Å². The van der Waals surface area contributed by atoms with Crippen LogP contribution in [0.2, 0.25) is 0 Å². The predicted octanol–water partition coefficient (Wildman–Crippen LogP) is 0.620. The molecule has 1 amide bonds. The van der Waals surface area contributed by atoms with Crippen molar-refractivity contribution in [3.8, 4) is 0 Å². The summed E-state index contributed by atoms with van der Waals surface area (Å²) in [5.74, 6) is -0.481. The molecular weight excluding hydrogens is 193 g/mol. The number of amides is 1. The molecule has 0 saturated heterocycles. The van der Waals surface area contributed by atoms with Crippen LogP contribution in [0.25, 0.3) is 0 Å². The summed E-state index contributed by atoms with van der Waals surface area (Å²) in [6.45, 7) is 6.38.